The van der Waals surface area contributed by atoms with Crippen molar-refractivity contribution in [1.82, 2.24) is 5.32 Å². The molecule has 3 rings (SSSR count). The van der Waals surface area contributed by atoms with Crippen LogP contribution in [0.3, 0.4) is 0 Å². The van der Waals surface area contributed by atoms with Crippen molar-refractivity contribution >= 4 is 16.7 Å². The van der Waals surface area contributed by atoms with E-state index >= 15 is 0 Å². The van der Waals surface area contributed by atoms with Crippen LogP contribution in [0.5, 0.6) is 11.5 Å². The third-order valence-corrected chi connectivity index (χ3v) is 3.80. The van der Waals surface area contributed by atoms with Crippen molar-refractivity contribution in [3.8, 4) is 11.5 Å². The summed E-state index contributed by atoms with van der Waals surface area (Å²) in [7, 11) is 0. The van der Waals surface area contributed by atoms with Gasteiger partial charge in [-0.15, -0.1) is 0 Å². The Morgan fingerprint density at radius 3 is 2.36 bits per heavy atom. The van der Waals surface area contributed by atoms with Gasteiger partial charge in [0, 0.05) is 5.56 Å². The van der Waals surface area contributed by atoms with Gasteiger partial charge in [-0.25, -0.2) is 0 Å². The first-order valence-electron chi connectivity index (χ1n) is 8.39. The van der Waals surface area contributed by atoms with Gasteiger partial charge in [-0.05, 0) is 54.1 Å². The van der Waals surface area contributed by atoms with Gasteiger partial charge >= 0.3 is 0 Å². The number of benzene rings is 3. The van der Waals surface area contributed by atoms with Crippen LogP contribution in [0.25, 0.3) is 10.8 Å². The number of carbonyl (C=O) groups is 1. The van der Waals surface area contributed by atoms with Crippen molar-refractivity contribution in [2.24, 2.45) is 0 Å². The van der Waals surface area contributed by atoms with Crippen molar-refractivity contribution in [1.29, 1.82) is 0 Å². The molecule has 3 aromatic carbocycles. The first-order chi connectivity index (χ1) is 12.3. The highest BCUT2D eigenvalue weighted by molar-refractivity contribution is 5.94. The number of ether oxygens (including phenoxy) is 2. The molecule has 0 heterocycles. The van der Waals surface area contributed by atoms with E-state index < -0.39 is 0 Å². The van der Waals surface area contributed by atoms with Gasteiger partial charge in [0.25, 0.3) is 5.91 Å². The molecule has 1 amide bonds. The zero-order valence-corrected chi connectivity index (χ0v) is 14.2. The summed E-state index contributed by atoms with van der Waals surface area (Å²) in [6.07, 6.45) is 0. The van der Waals surface area contributed by atoms with E-state index in [-0.39, 0.29) is 5.91 Å². The number of nitrogens with one attached hydrogen (secondary N) is 1. The lowest BCUT2D eigenvalue weighted by Gasteiger charge is -2.09. The second-order valence-corrected chi connectivity index (χ2v) is 5.57. The lowest BCUT2D eigenvalue weighted by Crippen LogP contribution is -2.28. The third kappa shape index (κ3) is 4.51. The van der Waals surface area contributed by atoms with Gasteiger partial charge in [0.15, 0.2) is 0 Å². The quantitative estimate of drug-likeness (QED) is 0.663. The number of rotatable bonds is 7. The molecule has 0 spiro atoms. The molecular weight excluding hydrogens is 314 g/mol. The molecule has 0 saturated heterocycles. The molecule has 0 fully saturated rings. The highest BCUT2D eigenvalue weighted by atomic mass is 16.5. The fourth-order valence-electron chi connectivity index (χ4n) is 2.56. The molecule has 3 aromatic rings. The zero-order valence-electron chi connectivity index (χ0n) is 14.2. The predicted molar refractivity (Wildman–Crippen MR) is 99.4 cm³/mol. The van der Waals surface area contributed by atoms with Crippen molar-refractivity contribution in [3.05, 3.63) is 72.3 Å². The number of fused-ring (bicyclic) bond motifs is 1. The van der Waals surface area contributed by atoms with Crippen LogP contribution in [0.4, 0.5) is 0 Å². The second kappa shape index (κ2) is 8.20. The van der Waals surface area contributed by atoms with Crippen LogP contribution in [0.2, 0.25) is 0 Å². The van der Waals surface area contributed by atoms with Crippen LogP contribution in [-0.2, 0) is 0 Å². The molecule has 0 atom stereocenters. The lowest BCUT2D eigenvalue weighted by molar-refractivity contribution is 0.0947. The van der Waals surface area contributed by atoms with E-state index in [9.17, 15) is 4.79 Å². The Labute approximate surface area is 147 Å². The summed E-state index contributed by atoms with van der Waals surface area (Å²) in [6, 6.07) is 21.2. The summed E-state index contributed by atoms with van der Waals surface area (Å²) in [4.78, 5) is 12.1. The van der Waals surface area contributed by atoms with E-state index in [1.165, 1.54) is 5.39 Å². The van der Waals surface area contributed by atoms with Crippen LogP contribution in [0.15, 0.2) is 66.7 Å². The normalized spacial score (nSPS) is 10.4. The van der Waals surface area contributed by atoms with Crippen molar-refractivity contribution < 1.29 is 14.3 Å². The number of amides is 1. The number of hydrogen-bond acceptors (Lipinski definition) is 3. The zero-order chi connectivity index (χ0) is 17.5. The Bertz CT molecular complexity index is 843. The van der Waals surface area contributed by atoms with Gasteiger partial charge in [0.2, 0.25) is 0 Å². The highest BCUT2D eigenvalue weighted by Gasteiger charge is 2.05. The number of hydrogen-bond donors (Lipinski definition) is 1. The van der Waals surface area contributed by atoms with Crippen molar-refractivity contribution in [3.63, 3.8) is 0 Å². The minimum Gasteiger partial charge on any atom is -0.494 e. The first-order valence-corrected chi connectivity index (χ1v) is 8.39. The fourth-order valence-corrected chi connectivity index (χ4v) is 2.56. The van der Waals surface area contributed by atoms with Crippen LogP contribution >= 0.6 is 0 Å². The van der Waals surface area contributed by atoms with E-state index in [1.54, 1.807) is 24.3 Å². The van der Waals surface area contributed by atoms with Gasteiger partial charge in [0.1, 0.15) is 18.1 Å². The van der Waals surface area contributed by atoms with Crippen LogP contribution in [0, 0.1) is 0 Å². The molecule has 0 bridgehead atoms. The molecule has 128 valence electrons. The molecule has 0 unspecified atom stereocenters. The maximum absolute atomic E-state index is 12.1. The van der Waals surface area contributed by atoms with Crippen molar-refractivity contribution in [2.75, 3.05) is 19.8 Å². The SMILES string of the molecule is CCOc1ccc(C(=O)NCCOc2ccc3ccccc3c2)cc1. The molecule has 0 aliphatic rings. The monoisotopic (exact) mass is 335 g/mol. The van der Waals surface area contributed by atoms with Gasteiger partial charge in [-0.1, -0.05) is 30.3 Å². The molecule has 25 heavy (non-hydrogen) atoms. The Morgan fingerprint density at radius 2 is 1.60 bits per heavy atom. The Morgan fingerprint density at radius 1 is 0.880 bits per heavy atom. The average molecular weight is 335 g/mol. The van der Waals surface area contributed by atoms with Gasteiger partial charge < -0.3 is 14.8 Å². The lowest BCUT2D eigenvalue weighted by atomic mass is 10.1. The van der Waals surface area contributed by atoms with Gasteiger partial charge in [-0.2, -0.15) is 0 Å². The largest absolute Gasteiger partial charge is 0.494 e. The van der Waals surface area contributed by atoms with E-state index in [2.05, 4.69) is 17.4 Å². The molecular formula is C21H21NO3. The molecule has 0 aliphatic carbocycles. The Balaban J connectivity index is 1.47. The molecule has 0 saturated carbocycles. The van der Waals surface area contributed by atoms with E-state index in [1.807, 2.05) is 37.3 Å². The van der Waals surface area contributed by atoms with Crippen LogP contribution in [-0.4, -0.2) is 25.7 Å². The Hall–Kier alpha value is -3.01. The summed E-state index contributed by atoms with van der Waals surface area (Å²) >= 11 is 0. The van der Waals surface area contributed by atoms with E-state index in [0.717, 1.165) is 16.9 Å². The molecule has 4 heteroatoms. The fraction of sp³-hybridized carbons (Fsp3) is 0.190. The smallest absolute Gasteiger partial charge is 0.251 e. The Kier molecular flexibility index (Phi) is 5.52. The van der Waals surface area contributed by atoms with E-state index in [0.29, 0.717) is 25.3 Å². The minimum absolute atomic E-state index is 0.120. The van der Waals surface area contributed by atoms with Crippen molar-refractivity contribution in [2.45, 2.75) is 6.92 Å². The summed E-state index contributed by atoms with van der Waals surface area (Å²) in [5, 5.41) is 5.17. The first kappa shape index (κ1) is 16.8. The highest BCUT2D eigenvalue weighted by Crippen LogP contribution is 2.20. The number of carbonyl (C=O) groups excluding carboxylic acids is 1. The molecule has 4 nitrogen and oxygen atoms in total. The third-order valence-electron chi connectivity index (χ3n) is 3.80. The van der Waals surface area contributed by atoms with Crippen LogP contribution < -0.4 is 14.8 Å². The maximum Gasteiger partial charge on any atom is 0.251 e. The minimum atomic E-state index is -0.120. The topological polar surface area (TPSA) is 47.6 Å². The second-order valence-electron chi connectivity index (χ2n) is 5.57. The molecule has 0 radical (unpaired) electrons. The summed E-state index contributed by atoms with van der Waals surface area (Å²) in [5.41, 5.74) is 0.606. The predicted octanol–water partition coefficient (Wildman–Crippen LogP) is 4.05. The standard InChI is InChI=1S/C21H21NO3/c1-2-24-19-10-8-17(9-11-19)21(23)22-13-14-25-20-12-7-16-5-3-4-6-18(16)15-20/h3-12,15H,2,13-14H2,1H3,(H,22,23). The maximum atomic E-state index is 12.1. The van der Waals surface area contributed by atoms with E-state index in [4.69, 9.17) is 9.47 Å². The molecule has 1 N–H and O–H groups in total. The summed E-state index contributed by atoms with van der Waals surface area (Å²) in [5.74, 6) is 1.44. The van der Waals surface area contributed by atoms with Gasteiger partial charge in [-0.3, -0.25) is 4.79 Å². The average Bonchev–Trinajstić information content (AvgIpc) is 2.66. The molecule has 0 aliphatic heterocycles. The molecule has 0 aromatic heterocycles. The van der Waals surface area contributed by atoms with Gasteiger partial charge in [0.05, 0.1) is 13.2 Å². The summed E-state index contributed by atoms with van der Waals surface area (Å²) in [6.45, 7) is 3.40. The summed E-state index contributed by atoms with van der Waals surface area (Å²) < 4.78 is 11.1. The van der Waals surface area contributed by atoms with Crippen LogP contribution in [0.1, 0.15) is 17.3 Å².